The Kier molecular flexibility index (Phi) is 7.21. The number of primary amides is 1. The van der Waals surface area contributed by atoms with Crippen LogP contribution in [0.5, 0.6) is 5.75 Å². The van der Waals surface area contributed by atoms with Crippen LogP contribution >= 0.6 is 12.4 Å². The van der Waals surface area contributed by atoms with Crippen molar-refractivity contribution < 1.29 is 14.3 Å². The third-order valence-electron chi connectivity index (χ3n) is 4.72. The van der Waals surface area contributed by atoms with Crippen LogP contribution in [0.1, 0.15) is 21.8 Å². The molecular weight excluding hydrogens is 366 g/mol. The third kappa shape index (κ3) is 4.99. The molecule has 0 unspecified atom stereocenters. The molecule has 2 atom stereocenters. The highest BCUT2D eigenvalue weighted by molar-refractivity contribution is 5.95. The van der Waals surface area contributed by atoms with Crippen molar-refractivity contribution in [2.24, 2.45) is 17.4 Å². The van der Waals surface area contributed by atoms with E-state index in [1.54, 1.807) is 24.3 Å². The molecule has 2 amide bonds. The largest absolute Gasteiger partial charge is 0.484 e. The second kappa shape index (κ2) is 9.39. The van der Waals surface area contributed by atoms with Crippen molar-refractivity contribution in [2.45, 2.75) is 5.92 Å². The predicted octanol–water partition coefficient (Wildman–Crippen LogP) is 1.79. The standard InChI is InChI=1S/C20H23N3O3.ClH/c21-10-16-11-23(12-18(16)14-5-2-1-3-6-14)20(25)15-7-4-8-17(9-15)26-13-19(22)24;/h1-9,16,18H,10-13,21H2,(H2,22,24);1H/t16-,18+;/m1./s1. The number of likely N-dealkylation sites (tertiary alicyclic amines) is 1. The monoisotopic (exact) mass is 389 g/mol. The topological polar surface area (TPSA) is 98.7 Å². The van der Waals surface area contributed by atoms with Gasteiger partial charge in [0.1, 0.15) is 5.75 Å². The Hall–Kier alpha value is -2.57. The number of nitrogens with zero attached hydrogens (tertiary/aromatic N) is 1. The number of nitrogens with two attached hydrogens (primary N) is 2. The van der Waals surface area contributed by atoms with Crippen LogP contribution in [0.25, 0.3) is 0 Å². The van der Waals surface area contributed by atoms with Gasteiger partial charge >= 0.3 is 0 Å². The molecule has 3 rings (SSSR count). The van der Waals surface area contributed by atoms with Crippen LogP contribution in [0.3, 0.4) is 0 Å². The fraction of sp³-hybridized carbons (Fsp3) is 0.300. The molecule has 1 aliphatic heterocycles. The number of carbonyl (C=O) groups is 2. The van der Waals surface area contributed by atoms with Crippen molar-refractivity contribution in [1.82, 2.24) is 4.90 Å². The lowest BCUT2D eigenvalue weighted by Gasteiger charge is -2.17. The van der Waals surface area contributed by atoms with Gasteiger partial charge in [-0.05, 0) is 36.2 Å². The Morgan fingerprint density at radius 2 is 1.81 bits per heavy atom. The maximum atomic E-state index is 12.9. The molecule has 0 spiro atoms. The van der Waals surface area contributed by atoms with E-state index in [1.165, 1.54) is 5.56 Å². The number of hydrogen-bond acceptors (Lipinski definition) is 4. The number of ether oxygens (including phenoxy) is 1. The normalized spacial score (nSPS) is 18.6. The molecule has 0 aliphatic carbocycles. The number of benzene rings is 2. The van der Waals surface area contributed by atoms with Crippen molar-refractivity contribution in [3.05, 3.63) is 65.7 Å². The van der Waals surface area contributed by atoms with E-state index < -0.39 is 5.91 Å². The van der Waals surface area contributed by atoms with Gasteiger partial charge in [-0.1, -0.05) is 36.4 Å². The molecule has 1 saturated heterocycles. The van der Waals surface area contributed by atoms with E-state index in [0.29, 0.717) is 30.9 Å². The molecule has 0 aromatic heterocycles. The summed E-state index contributed by atoms with van der Waals surface area (Å²) in [5.41, 5.74) is 12.8. The Balaban J connectivity index is 0.00000261. The lowest BCUT2D eigenvalue weighted by Crippen LogP contribution is -2.29. The second-order valence-corrected chi connectivity index (χ2v) is 6.51. The van der Waals surface area contributed by atoms with E-state index in [-0.39, 0.29) is 36.8 Å². The van der Waals surface area contributed by atoms with Gasteiger partial charge in [-0.25, -0.2) is 0 Å². The van der Waals surface area contributed by atoms with Crippen molar-refractivity contribution in [3.8, 4) is 5.75 Å². The van der Waals surface area contributed by atoms with Gasteiger partial charge in [-0.15, -0.1) is 12.4 Å². The van der Waals surface area contributed by atoms with E-state index in [9.17, 15) is 9.59 Å². The summed E-state index contributed by atoms with van der Waals surface area (Å²) in [6, 6.07) is 17.0. The van der Waals surface area contributed by atoms with Crippen LogP contribution in [-0.2, 0) is 4.79 Å². The zero-order valence-electron chi connectivity index (χ0n) is 14.9. The summed E-state index contributed by atoms with van der Waals surface area (Å²) in [6.45, 7) is 1.58. The van der Waals surface area contributed by atoms with Gasteiger partial charge in [0.25, 0.3) is 11.8 Å². The third-order valence-corrected chi connectivity index (χ3v) is 4.72. The predicted molar refractivity (Wildman–Crippen MR) is 106 cm³/mol. The van der Waals surface area contributed by atoms with Crippen LogP contribution < -0.4 is 16.2 Å². The van der Waals surface area contributed by atoms with Crippen LogP contribution in [0.2, 0.25) is 0 Å². The molecule has 1 heterocycles. The minimum Gasteiger partial charge on any atom is -0.484 e. The van der Waals surface area contributed by atoms with Crippen LogP contribution in [0.15, 0.2) is 54.6 Å². The van der Waals surface area contributed by atoms with E-state index >= 15 is 0 Å². The first-order valence-corrected chi connectivity index (χ1v) is 8.64. The van der Waals surface area contributed by atoms with Gasteiger partial charge in [-0.3, -0.25) is 9.59 Å². The van der Waals surface area contributed by atoms with Crippen LogP contribution in [0.4, 0.5) is 0 Å². The minimum absolute atomic E-state index is 0. The summed E-state index contributed by atoms with van der Waals surface area (Å²) in [5.74, 6) is 0.295. The van der Waals surface area contributed by atoms with Crippen LogP contribution in [0, 0.1) is 5.92 Å². The molecule has 2 aromatic rings. The molecule has 1 fully saturated rings. The molecule has 4 N–H and O–H groups in total. The number of halogens is 1. The van der Waals surface area contributed by atoms with Gasteiger partial charge in [-0.2, -0.15) is 0 Å². The Labute approximate surface area is 164 Å². The molecule has 144 valence electrons. The zero-order chi connectivity index (χ0) is 18.5. The summed E-state index contributed by atoms with van der Waals surface area (Å²) >= 11 is 0. The fourth-order valence-corrected chi connectivity index (χ4v) is 3.41. The fourth-order valence-electron chi connectivity index (χ4n) is 3.41. The molecule has 1 aliphatic rings. The number of carbonyl (C=O) groups excluding carboxylic acids is 2. The van der Waals surface area contributed by atoms with E-state index in [0.717, 1.165) is 0 Å². The van der Waals surface area contributed by atoms with Gasteiger partial charge < -0.3 is 21.1 Å². The van der Waals surface area contributed by atoms with Crippen molar-refractivity contribution >= 4 is 24.2 Å². The van der Waals surface area contributed by atoms with E-state index in [2.05, 4.69) is 12.1 Å². The Morgan fingerprint density at radius 3 is 2.48 bits per heavy atom. The maximum Gasteiger partial charge on any atom is 0.255 e. The molecule has 2 aromatic carbocycles. The zero-order valence-corrected chi connectivity index (χ0v) is 15.7. The molecular formula is C20H24ClN3O3. The lowest BCUT2D eigenvalue weighted by atomic mass is 9.89. The van der Waals surface area contributed by atoms with Crippen molar-refractivity contribution in [1.29, 1.82) is 0 Å². The summed E-state index contributed by atoms with van der Waals surface area (Å²) in [5, 5.41) is 0. The highest BCUT2D eigenvalue weighted by atomic mass is 35.5. The quantitative estimate of drug-likeness (QED) is 0.786. The van der Waals surface area contributed by atoms with Gasteiger partial charge in [0, 0.05) is 24.6 Å². The molecule has 0 bridgehead atoms. The average Bonchev–Trinajstić information content (AvgIpc) is 3.11. The summed E-state index contributed by atoms with van der Waals surface area (Å²) in [7, 11) is 0. The first-order valence-electron chi connectivity index (χ1n) is 8.64. The van der Waals surface area contributed by atoms with Crippen molar-refractivity contribution in [2.75, 3.05) is 26.2 Å². The molecule has 0 saturated carbocycles. The molecule has 27 heavy (non-hydrogen) atoms. The average molecular weight is 390 g/mol. The lowest BCUT2D eigenvalue weighted by molar-refractivity contribution is -0.119. The first kappa shape index (κ1) is 20.7. The number of hydrogen-bond donors (Lipinski definition) is 2. The van der Waals surface area contributed by atoms with Crippen molar-refractivity contribution in [3.63, 3.8) is 0 Å². The number of amides is 2. The molecule has 0 radical (unpaired) electrons. The summed E-state index contributed by atoms with van der Waals surface area (Å²) in [4.78, 5) is 25.6. The van der Waals surface area contributed by atoms with E-state index in [1.807, 2.05) is 23.1 Å². The smallest absolute Gasteiger partial charge is 0.255 e. The molecule has 7 heteroatoms. The van der Waals surface area contributed by atoms with Gasteiger partial charge in [0.2, 0.25) is 0 Å². The maximum absolute atomic E-state index is 12.9. The van der Waals surface area contributed by atoms with Gasteiger partial charge in [0.15, 0.2) is 6.61 Å². The SMILES string of the molecule is Cl.NC[C@@H]1CN(C(=O)c2cccc(OCC(N)=O)c2)C[C@H]1c1ccccc1. The highest BCUT2D eigenvalue weighted by Gasteiger charge is 2.35. The minimum atomic E-state index is -0.558. The van der Waals surface area contributed by atoms with Gasteiger partial charge in [0.05, 0.1) is 0 Å². The van der Waals surface area contributed by atoms with Crippen LogP contribution in [-0.4, -0.2) is 43.0 Å². The summed E-state index contributed by atoms with van der Waals surface area (Å²) < 4.78 is 5.29. The Morgan fingerprint density at radius 1 is 1.07 bits per heavy atom. The highest BCUT2D eigenvalue weighted by Crippen LogP contribution is 2.33. The van der Waals surface area contributed by atoms with E-state index in [4.69, 9.17) is 16.2 Å². The first-order chi connectivity index (χ1) is 12.6. The second-order valence-electron chi connectivity index (χ2n) is 6.51. The number of rotatable bonds is 6. The Bertz CT molecular complexity index is 785. The molecule has 6 nitrogen and oxygen atoms in total. The summed E-state index contributed by atoms with van der Waals surface area (Å²) in [6.07, 6.45) is 0.